The van der Waals surface area contributed by atoms with Crippen LogP contribution in [0.2, 0.25) is 5.02 Å². The normalized spacial score (nSPS) is 10.3. The van der Waals surface area contributed by atoms with E-state index in [4.69, 9.17) is 21.1 Å². The number of aromatic carboxylic acids is 1. The fourth-order valence-corrected chi connectivity index (χ4v) is 1.97. The van der Waals surface area contributed by atoms with Crippen LogP contribution in [0.15, 0.2) is 34.7 Å². The Hall–Kier alpha value is -2.27. The van der Waals surface area contributed by atoms with E-state index in [1.54, 1.807) is 31.2 Å². The van der Waals surface area contributed by atoms with Gasteiger partial charge < -0.3 is 14.8 Å². The summed E-state index contributed by atoms with van der Waals surface area (Å²) >= 11 is 5.91. The summed E-state index contributed by atoms with van der Waals surface area (Å²) in [5.41, 5.74) is 0.447. The van der Waals surface area contributed by atoms with Crippen LogP contribution in [-0.2, 0) is 6.54 Å². The summed E-state index contributed by atoms with van der Waals surface area (Å²) in [4.78, 5) is 22.8. The maximum atomic E-state index is 11.9. The van der Waals surface area contributed by atoms with Crippen molar-refractivity contribution in [2.45, 2.75) is 13.5 Å². The average Bonchev–Trinajstić information content (AvgIpc) is 2.78. The van der Waals surface area contributed by atoms with Gasteiger partial charge in [0.15, 0.2) is 0 Å². The summed E-state index contributed by atoms with van der Waals surface area (Å²) in [5.74, 6) is -0.726. The van der Waals surface area contributed by atoms with E-state index >= 15 is 0 Å². The number of benzene rings is 1. The number of nitrogens with one attached hydrogen (secondary N) is 1. The van der Waals surface area contributed by atoms with Gasteiger partial charge in [0.1, 0.15) is 17.1 Å². The number of rotatable bonds is 4. The van der Waals surface area contributed by atoms with Gasteiger partial charge >= 0.3 is 5.97 Å². The number of amides is 1. The molecule has 104 valence electrons. The summed E-state index contributed by atoms with van der Waals surface area (Å²) in [7, 11) is 0. The molecule has 0 spiro atoms. The highest BCUT2D eigenvalue weighted by Crippen LogP contribution is 2.16. The Kier molecular flexibility index (Phi) is 4.10. The van der Waals surface area contributed by atoms with E-state index in [-0.39, 0.29) is 18.0 Å². The van der Waals surface area contributed by atoms with Crippen molar-refractivity contribution < 1.29 is 19.1 Å². The van der Waals surface area contributed by atoms with Gasteiger partial charge in [-0.1, -0.05) is 23.7 Å². The van der Waals surface area contributed by atoms with Crippen LogP contribution in [0.4, 0.5) is 0 Å². The smallest absolute Gasteiger partial charge is 0.339 e. The molecule has 1 aromatic heterocycles. The van der Waals surface area contributed by atoms with E-state index in [1.165, 1.54) is 6.07 Å². The van der Waals surface area contributed by atoms with Crippen molar-refractivity contribution in [2.75, 3.05) is 0 Å². The zero-order valence-corrected chi connectivity index (χ0v) is 11.4. The number of carboxylic acid groups (broad SMARTS) is 1. The molecule has 0 bridgehead atoms. The first-order valence-corrected chi connectivity index (χ1v) is 6.22. The molecule has 0 unspecified atom stereocenters. The average molecular weight is 294 g/mol. The second-order valence-electron chi connectivity index (χ2n) is 4.15. The molecule has 0 saturated heterocycles. The monoisotopic (exact) mass is 293 g/mol. The lowest BCUT2D eigenvalue weighted by Gasteiger charge is -2.04. The number of hydrogen-bond acceptors (Lipinski definition) is 3. The second kappa shape index (κ2) is 5.79. The van der Waals surface area contributed by atoms with Gasteiger partial charge in [-0.15, -0.1) is 0 Å². The van der Waals surface area contributed by atoms with Crippen LogP contribution < -0.4 is 5.32 Å². The standard InChI is InChI=1S/C14H12ClNO4/c1-8-11(14(18)19)6-9(20-8)7-16-13(17)10-4-2-3-5-12(10)15/h2-6H,7H2,1H3,(H,16,17)(H,18,19). The van der Waals surface area contributed by atoms with Gasteiger partial charge in [-0.25, -0.2) is 4.79 Å². The van der Waals surface area contributed by atoms with Crippen molar-refractivity contribution in [2.24, 2.45) is 0 Å². The Bertz CT molecular complexity index is 663. The zero-order chi connectivity index (χ0) is 14.7. The molecule has 0 fully saturated rings. The Labute approximate surface area is 120 Å². The summed E-state index contributed by atoms with van der Waals surface area (Å²) in [6, 6.07) is 8.06. The summed E-state index contributed by atoms with van der Waals surface area (Å²) in [5, 5.41) is 11.9. The van der Waals surface area contributed by atoms with E-state index < -0.39 is 5.97 Å². The van der Waals surface area contributed by atoms with Gasteiger partial charge in [-0.3, -0.25) is 4.79 Å². The van der Waals surface area contributed by atoms with E-state index in [2.05, 4.69) is 5.32 Å². The molecule has 0 aliphatic heterocycles. The molecular formula is C14H12ClNO4. The SMILES string of the molecule is Cc1oc(CNC(=O)c2ccccc2Cl)cc1C(=O)O. The van der Waals surface area contributed by atoms with Gasteiger partial charge in [0.05, 0.1) is 17.1 Å². The van der Waals surface area contributed by atoms with E-state index in [1.807, 2.05) is 0 Å². The van der Waals surface area contributed by atoms with Crippen molar-refractivity contribution in [1.82, 2.24) is 5.32 Å². The first-order chi connectivity index (χ1) is 9.49. The van der Waals surface area contributed by atoms with Crippen LogP contribution in [0.3, 0.4) is 0 Å². The highest BCUT2D eigenvalue weighted by Gasteiger charge is 2.15. The number of halogens is 1. The largest absolute Gasteiger partial charge is 0.478 e. The van der Waals surface area contributed by atoms with Crippen LogP contribution >= 0.6 is 11.6 Å². The number of hydrogen-bond donors (Lipinski definition) is 2. The predicted molar refractivity (Wildman–Crippen MR) is 73.0 cm³/mol. The van der Waals surface area contributed by atoms with Gasteiger partial charge in [0.2, 0.25) is 0 Å². The van der Waals surface area contributed by atoms with Crippen LogP contribution in [0.25, 0.3) is 0 Å². The molecule has 0 atom stereocenters. The molecular weight excluding hydrogens is 282 g/mol. The Morgan fingerprint density at radius 1 is 1.30 bits per heavy atom. The Morgan fingerprint density at radius 2 is 2.00 bits per heavy atom. The lowest BCUT2D eigenvalue weighted by Crippen LogP contribution is -2.22. The van der Waals surface area contributed by atoms with Crippen molar-refractivity contribution >= 4 is 23.5 Å². The van der Waals surface area contributed by atoms with E-state index in [9.17, 15) is 9.59 Å². The minimum absolute atomic E-state index is 0.0898. The fraction of sp³-hybridized carbons (Fsp3) is 0.143. The molecule has 5 nitrogen and oxygen atoms in total. The molecule has 2 rings (SSSR count). The first-order valence-electron chi connectivity index (χ1n) is 5.84. The highest BCUT2D eigenvalue weighted by atomic mass is 35.5. The van der Waals surface area contributed by atoms with Crippen LogP contribution in [-0.4, -0.2) is 17.0 Å². The highest BCUT2D eigenvalue weighted by molar-refractivity contribution is 6.33. The van der Waals surface area contributed by atoms with E-state index in [0.29, 0.717) is 22.1 Å². The molecule has 1 aromatic carbocycles. The maximum Gasteiger partial charge on any atom is 0.339 e. The van der Waals surface area contributed by atoms with Crippen molar-refractivity contribution in [3.63, 3.8) is 0 Å². The molecule has 2 aromatic rings. The van der Waals surface area contributed by atoms with Gasteiger partial charge in [0.25, 0.3) is 5.91 Å². The lowest BCUT2D eigenvalue weighted by molar-refractivity contribution is 0.0694. The quantitative estimate of drug-likeness (QED) is 0.908. The summed E-state index contributed by atoms with van der Waals surface area (Å²) in [6.45, 7) is 1.65. The fourth-order valence-electron chi connectivity index (χ4n) is 1.75. The summed E-state index contributed by atoms with van der Waals surface area (Å²) in [6.07, 6.45) is 0. The van der Waals surface area contributed by atoms with Crippen molar-refractivity contribution in [1.29, 1.82) is 0 Å². The van der Waals surface area contributed by atoms with Gasteiger partial charge in [-0.05, 0) is 25.1 Å². The number of carboxylic acids is 1. The number of aryl methyl sites for hydroxylation is 1. The van der Waals surface area contributed by atoms with Crippen LogP contribution in [0.5, 0.6) is 0 Å². The van der Waals surface area contributed by atoms with Crippen LogP contribution in [0.1, 0.15) is 32.2 Å². The van der Waals surface area contributed by atoms with Crippen molar-refractivity contribution in [3.05, 3.63) is 58.0 Å². The van der Waals surface area contributed by atoms with E-state index in [0.717, 1.165) is 0 Å². The van der Waals surface area contributed by atoms with Crippen molar-refractivity contribution in [3.8, 4) is 0 Å². The maximum absolute atomic E-state index is 11.9. The molecule has 0 saturated carbocycles. The molecule has 1 amide bonds. The third kappa shape index (κ3) is 3.00. The Morgan fingerprint density at radius 3 is 2.60 bits per heavy atom. The lowest BCUT2D eigenvalue weighted by atomic mass is 10.2. The predicted octanol–water partition coefficient (Wildman–Crippen LogP) is 2.87. The first kappa shape index (κ1) is 14.1. The third-order valence-corrected chi connectivity index (χ3v) is 3.07. The molecule has 1 heterocycles. The second-order valence-corrected chi connectivity index (χ2v) is 4.56. The van der Waals surface area contributed by atoms with Gasteiger partial charge in [0, 0.05) is 0 Å². The zero-order valence-electron chi connectivity index (χ0n) is 10.6. The molecule has 2 N–H and O–H groups in total. The topological polar surface area (TPSA) is 79.5 Å². The minimum atomic E-state index is -1.06. The molecule has 0 aliphatic carbocycles. The van der Waals surface area contributed by atoms with Gasteiger partial charge in [-0.2, -0.15) is 0 Å². The molecule has 20 heavy (non-hydrogen) atoms. The molecule has 6 heteroatoms. The summed E-state index contributed by atoms with van der Waals surface area (Å²) < 4.78 is 5.26. The number of carbonyl (C=O) groups is 2. The molecule has 0 radical (unpaired) electrons. The van der Waals surface area contributed by atoms with Crippen LogP contribution in [0, 0.1) is 6.92 Å². The number of carbonyl (C=O) groups excluding carboxylic acids is 1. The molecule has 0 aliphatic rings. The Balaban J connectivity index is 2.06. The third-order valence-electron chi connectivity index (χ3n) is 2.74. The number of furan rings is 1. The minimum Gasteiger partial charge on any atom is -0.478 e.